The molecule has 0 spiro atoms. The zero-order chi connectivity index (χ0) is 24.7. The smallest absolute Gasteiger partial charge is 0.325 e. The van der Waals surface area contributed by atoms with Gasteiger partial charge in [-0.2, -0.15) is 0 Å². The summed E-state index contributed by atoms with van der Waals surface area (Å²) in [5, 5.41) is 0.597. The number of carbonyl (C=O) groups is 3. The topological polar surface area (TPSA) is 85.4 Å². The predicted octanol–water partition coefficient (Wildman–Crippen LogP) is 3.41. The molecule has 0 bridgehead atoms. The van der Waals surface area contributed by atoms with Crippen molar-refractivity contribution in [2.24, 2.45) is 5.92 Å². The number of nitrogens with zero attached hydrogens (tertiary/aromatic N) is 2. The maximum absolute atomic E-state index is 13.3. The number of ether oxygens (including phenoxy) is 3. The van der Waals surface area contributed by atoms with Gasteiger partial charge in [-0.1, -0.05) is 23.7 Å². The van der Waals surface area contributed by atoms with Crippen LogP contribution < -0.4 is 9.47 Å². The fraction of sp³-hybridized carbons (Fsp3) is 0.400. The highest BCUT2D eigenvalue weighted by molar-refractivity contribution is 6.30. The van der Waals surface area contributed by atoms with E-state index in [-0.39, 0.29) is 30.8 Å². The third kappa shape index (κ3) is 6.41. The Morgan fingerprint density at radius 3 is 2.09 bits per heavy atom. The molecule has 1 saturated heterocycles. The van der Waals surface area contributed by atoms with Gasteiger partial charge in [0.1, 0.15) is 18.0 Å². The van der Waals surface area contributed by atoms with E-state index in [9.17, 15) is 14.4 Å². The Kier molecular flexibility index (Phi) is 8.76. The van der Waals surface area contributed by atoms with E-state index in [1.807, 2.05) is 12.1 Å². The van der Waals surface area contributed by atoms with Crippen LogP contribution in [0.4, 0.5) is 0 Å². The first kappa shape index (κ1) is 25.4. The van der Waals surface area contributed by atoms with Crippen molar-refractivity contribution in [3.63, 3.8) is 0 Å². The molecule has 1 heterocycles. The molecule has 182 valence electrons. The van der Waals surface area contributed by atoms with Gasteiger partial charge in [0.2, 0.25) is 5.91 Å². The average Bonchev–Trinajstić information content (AvgIpc) is 2.88. The predicted molar refractivity (Wildman–Crippen MR) is 127 cm³/mol. The van der Waals surface area contributed by atoms with Gasteiger partial charge in [-0.25, -0.2) is 0 Å². The van der Waals surface area contributed by atoms with Gasteiger partial charge < -0.3 is 24.0 Å². The van der Waals surface area contributed by atoms with Crippen LogP contribution >= 0.6 is 11.6 Å². The number of hydrogen-bond donors (Lipinski definition) is 0. The van der Waals surface area contributed by atoms with Crippen molar-refractivity contribution in [1.29, 1.82) is 0 Å². The van der Waals surface area contributed by atoms with Crippen LogP contribution in [0.5, 0.6) is 11.5 Å². The summed E-state index contributed by atoms with van der Waals surface area (Å²) in [5.74, 6) is 0.0239. The third-order valence-corrected chi connectivity index (χ3v) is 6.13. The van der Waals surface area contributed by atoms with Crippen molar-refractivity contribution in [3.05, 3.63) is 58.6 Å². The van der Waals surface area contributed by atoms with Crippen LogP contribution in [-0.4, -0.2) is 68.5 Å². The van der Waals surface area contributed by atoms with Crippen molar-refractivity contribution in [2.75, 3.05) is 41.0 Å². The first-order chi connectivity index (χ1) is 16.3. The van der Waals surface area contributed by atoms with Crippen molar-refractivity contribution >= 4 is 29.4 Å². The molecule has 0 aromatic heterocycles. The van der Waals surface area contributed by atoms with Gasteiger partial charge >= 0.3 is 5.97 Å². The standard InChI is InChI=1S/C25H29ClN2O6/c1-32-21-12-19(13-22(14-21)33-2)25(31)27-10-8-18(9-11-27)24(30)28(16-23(29)34-3)15-17-4-6-20(26)7-5-17/h4-7,12-14,18H,8-11,15-16H2,1-3H3. The molecule has 0 saturated carbocycles. The van der Waals surface area contributed by atoms with Crippen LogP contribution in [0.3, 0.4) is 0 Å². The molecule has 0 atom stereocenters. The van der Waals surface area contributed by atoms with Crippen LogP contribution in [0.15, 0.2) is 42.5 Å². The minimum absolute atomic E-state index is 0.129. The van der Waals surface area contributed by atoms with Crippen molar-refractivity contribution < 1.29 is 28.6 Å². The van der Waals surface area contributed by atoms with Gasteiger partial charge in [0, 0.05) is 42.2 Å². The van der Waals surface area contributed by atoms with E-state index in [2.05, 4.69) is 0 Å². The number of carbonyl (C=O) groups excluding carboxylic acids is 3. The lowest BCUT2D eigenvalue weighted by molar-refractivity contribution is -0.149. The summed E-state index contributed by atoms with van der Waals surface area (Å²) in [4.78, 5) is 41.5. The summed E-state index contributed by atoms with van der Waals surface area (Å²) in [6, 6.07) is 12.2. The summed E-state index contributed by atoms with van der Waals surface area (Å²) < 4.78 is 15.3. The Bertz CT molecular complexity index is 996. The Morgan fingerprint density at radius 1 is 0.971 bits per heavy atom. The summed E-state index contributed by atoms with van der Waals surface area (Å²) in [6.07, 6.45) is 1.01. The number of hydrogen-bond acceptors (Lipinski definition) is 6. The van der Waals surface area contributed by atoms with E-state index in [0.29, 0.717) is 48.0 Å². The number of halogens is 1. The Hall–Kier alpha value is -3.26. The molecule has 3 rings (SSSR count). The minimum atomic E-state index is -0.484. The number of benzene rings is 2. The molecule has 2 aromatic carbocycles. The largest absolute Gasteiger partial charge is 0.497 e. The molecule has 0 unspecified atom stereocenters. The first-order valence-electron chi connectivity index (χ1n) is 11.0. The van der Waals surface area contributed by atoms with Crippen molar-refractivity contribution in [3.8, 4) is 11.5 Å². The van der Waals surface area contributed by atoms with Crippen LogP contribution in [0.1, 0.15) is 28.8 Å². The van der Waals surface area contributed by atoms with E-state index >= 15 is 0 Å². The Morgan fingerprint density at radius 2 is 1.56 bits per heavy atom. The summed E-state index contributed by atoms with van der Waals surface area (Å²) in [5.41, 5.74) is 1.33. The number of likely N-dealkylation sites (tertiary alicyclic amines) is 1. The molecular weight excluding hydrogens is 460 g/mol. The summed E-state index contributed by atoms with van der Waals surface area (Å²) in [7, 11) is 4.36. The number of rotatable bonds is 8. The molecule has 2 aromatic rings. The maximum Gasteiger partial charge on any atom is 0.325 e. The zero-order valence-electron chi connectivity index (χ0n) is 19.6. The molecule has 1 fully saturated rings. The molecule has 0 N–H and O–H groups in total. The van der Waals surface area contributed by atoms with Gasteiger partial charge in [0.15, 0.2) is 0 Å². The van der Waals surface area contributed by atoms with Crippen LogP contribution in [0.2, 0.25) is 5.02 Å². The Balaban J connectivity index is 1.66. The first-order valence-corrected chi connectivity index (χ1v) is 11.3. The molecule has 2 amide bonds. The monoisotopic (exact) mass is 488 g/mol. The molecule has 1 aliphatic heterocycles. The number of methoxy groups -OCH3 is 3. The van der Waals surface area contributed by atoms with E-state index in [1.54, 1.807) is 35.2 Å². The SMILES string of the molecule is COC(=O)CN(Cc1ccc(Cl)cc1)C(=O)C1CCN(C(=O)c2cc(OC)cc(OC)c2)CC1. The highest BCUT2D eigenvalue weighted by Gasteiger charge is 2.32. The molecule has 9 heteroatoms. The van der Waals surface area contributed by atoms with Gasteiger partial charge in [-0.15, -0.1) is 0 Å². The van der Waals surface area contributed by atoms with E-state index in [1.165, 1.54) is 26.2 Å². The molecule has 34 heavy (non-hydrogen) atoms. The van der Waals surface area contributed by atoms with Gasteiger partial charge in [-0.3, -0.25) is 14.4 Å². The van der Waals surface area contributed by atoms with E-state index < -0.39 is 5.97 Å². The quantitative estimate of drug-likeness (QED) is 0.529. The van der Waals surface area contributed by atoms with Gasteiger partial charge in [0.05, 0.1) is 21.3 Å². The Labute approximate surface area is 204 Å². The summed E-state index contributed by atoms with van der Waals surface area (Å²) in [6.45, 7) is 0.998. The van der Waals surface area contributed by atoms with Crippen molar-refractivity contribution in [2.45, 2.75) is 19.4 Å². The number of amides is 2. The fourth-order valence-corrected chi connectivity index (χ4v) is 4.07. The second-order valence-corrected chi connectivity index (χ2v) is 8.50. The zero-order valence-corrected chi connectivity index (χ0v) is 20.3. The number of piperidine rings is 1. The normalized spacial score (nSPS) is 13.8. The fourth-order valence-electron chi connectivity index (χ4n) is 3.94. The molecular formula is C25H29ClN2O6. The minimum Gasteiger partial charge on any atom is -0.497 e. The van der Waals surface area contributed by atoms with Crippen LogP contribution in [0, 0.1) is 5.92 Å². The molecule has 0 aliphatic carbocycles. The van der Waals surface area contributed by atoms with Crippen LogP contribution in [-0.2, 0) is 20.9 Å². The van der Waals surface area contributed by atoms with Crippen LogP contribution in [0.25, 0.3) is 0 Å². The van der Waals surface area contributed by atoms with Crippen molar-refractivity contribution in [1.82, 2.24) is 9.80 Å². The number of esters is 1. The second-order valence-electron chi connectivity index (χ2n) is 8.06. The second kappa shape index (κ2) is 11.7. The highest BCUT2D eigenvalue weighted by Crippen LogP contribution is 2.26. The van der Waals surface area contributed by atoms with E-state index in [0.717, 1.165) is 5.56 Å². The molecule has 8 nitrogen and oxygen atoms in total. The van der Waals surface area contributed by atoms with Gasteiger partial charge in [-0.05, 0) is 42.7 Å². The lowest BCUT2D eigenvalue weighted by Gasteiger charge is -2.34. The third-order valence-electron chi connectivity index (χ3n) is 5.88. The van der Waals surface area contributed by atoms with E-state index in [4.69, 9.17) is 25.8 Å². The lowest BCUT2D eigenvalue weighted by Crippen LogP contribution is -2.45. The molecule has 0 radical (unpaired) electrons. The summed E-state index contributed by atoms with van der Waals surface area (Å²) >= 11 is 5.96. The average molecular weight is 489 g/mol. The molecule has 1 aliphatic rings. The maximum atomic E-state index is 13.3. The van der Waals surface area contributed by atoms with Gasteiger partial charge in [0.25, 0.3) is 5.91 Å². The highest BCUT2D eigenvalue weighted by atomic mass is 35.5. The lowest BCUT2D eigenvalue weighted by atomic mass is 9.94.